The molecule has 3 atom stereocenters. The van der Waals surface area contributed by atoms with Gasteiger partial charge in [0.1, 0.15) is 5.72 Å². The molecule has 2 aliphatic heterocycles. The van der Waals surface area contributed by atoms with E-state index in [4.69, 9.17) is 9.47 Å². The third kappa shape index (κ3) is 2.15. The Morgan fingerprint density at radius 3 is 2.69 bits per heavy atom. The van der Waals surface area contributed by atoms with E-state index >= 15 is 0 Å². The van der Waals surface area contributed by atoms with E-state index in [-0.39, 0.29) is 24.2 Å². The van der Waals surface area contributed by atoms with E-state index in [0.29, 0.717) is 6.04 Å². The zero-order valence-electron chi connectivity index (χ0n) is 8.21. The summed E-state index contributed by atoms with van der Waals surface area (Å²) >= 11 is 0. The number of nitrogens with one attached hydrogen (secondary N) is 1. The zero-order chi connectivity index (χ0) is 8.60. The molecule has 0 aromatic carbocycles. The summed E-state index contributed by atoms with van der Waals surface area (Å²) in [6.07, 6.45) is 2.54. The van der Waals surface area contributed by atoms with Crippen molar-refractivity contribution in [1.29, 1.82) is 0 Å². The maximum Gasteiger partial charge on any atom is 0.143 e. The molecule has 0 spiro atoms. The van der Waals surface area contributed by atoms with Crippen LogP contribution in [0.25, 0.3) is 0 Å². The second-order valence-electron chi connectivity index (χ2n) is 3.97. The molecule has 78 valence electrons. The first kappa shape index (κ1) is 11.2. The summed E-state index contributed by atoms with van der Waals surface area (Å²) in [5.41, 5.74) is -0.226. The minimum Gasteiger partial charge on any atom is -0.374 e. The second kappa shape index (κ2) is 4.13. The molecule has 0 aromatic rings. The lowest BCUT2D eigenvalue weighted by Crippen LogP contribution is -2.50. The standard InChI is InChI=1S/C9H17NO2.ClH/c1-7-6-12-9(2,10-7)8-4-3-5-11-8;/h7-8,10H,3-6H2,1-2H3;1H. The molecule has 1 N–H and O–H groups in total. The average molecular weight is 208 g/mol. The number of ether oxygens (including phenoxy) is 2. The molecule has 2 fully saturated rings. The van der Waals surface area contributed by atoms with E-state index in [1.165, 1.54) is 6.42 Å². The number of halogens is 1. The third-order valence-electron chi connectivity index (χ3n) is 2.71. The number of rotatable bonds is 1. The Kier molecular flexibility index (Phi) is 3.57. The van der Waals surface area contributed by atoms with Gasteiger partial charge in [-0.3, -0.25) is 5.32 Å². The topological polar surface area (TPSA) is 30.5 Å². The van der Waals surface area contributed by atoms with Crippen molar-refractivity contribution in [2.75, 3.05) is 13.2 Å². The highest BCUT2D eigenvalue weighted by atomic mass is 35.5. The highest BCUT2D eigenvalue weighted by Crippen LogP contribution is 2.28. The van der Waals surface area contributed by atoms with Gasteiger partial charge in [-0.1, -0.05) is 0 Å². The minimum absolute atomic E-state index is 0. The normalized spacial score (nSPS) is 44.8. The van der Waals surface area contributed by atoms with E-state index in [2.05, 4.69) is 19.2 Å². The molecule has 2 rings (SSSR count). The molecule has 3 nitrogen and oxygen atoms in total. The fourth-order valence-corrected chi connectivity index (χ4v) is 2.07. The van der Waals surface area contributed by atoms with Crippen LogP contribution in [0.4, 0.5) is 0 Å². The van der Waals surface area contributed by atoms with Gasteiger partial charge < -0.3 is 9.47 Å². The molecule has 0 bridgehead atoms. The van der Waals surface area contributed by atoms with Crippen molar-refractivity contribution in [2.24, 2.45) is 0 Å². The average Bonchev–Trinajstić information content (AvgIpc) is 2.59. The van der Waals surface area contributed by atoms with Crippen LogP contribution in [-0.4, -0.2) is 31.1 Å². The Morgan fingerprint density at radius 1 is 1.46 bits per heavy atom. The molecule has 0 radical (unpaired) electrons. The Morgan fingerprint density at radius 2 is 2.23 bits per heavy atom. The molecular weight excluding hydrogens is 190 g/mol. The molecule has 13 heavy (non-hydrogen) atoms. The maximum absolute atomic E-state index is 5.70. The van der Waals surface area contributed by atoms with Crippen molar-refractivity contribution in [2.45, 2.75) is 44.6 Å². The molecule has 4 heteroatoms. The largest absolute Gasteiger partial charge is 0.374 e. The number of hydrogen-bond acceptors (Lipinski definition) is 3. The van der Waals surface area contributed by atoms with Crippen LogP contribution in [-0.2, 0) is 9.47 Å². The van der Waals surface area contributed by atoms with E-state index in [1.54, 1.807) is 0 Å². The van der Waals surface area contributed by atoms with Crippen molar-refractivity contribution in [1.82, 2.24) is 5.32 Å². The summed E-state index contributed by atoms with van der Waals surface area (Å²) in [5.74, 6) is 0. The van der Waals surface area contributed by atoms with Gasteiger partial charge in [-0.2, -0.15) is 0 Å². The van der Waals surface area contributed by atoms with Crippen LogP contribution in [0.5, 0.6) is 0 Å². The summed E-state index contributed by atoms with van der Waals surface area (Å²) in [6.45, 7) is 5.92. The summed E-state index contributed by atoms with van der Waals surface area (Å²) < 4.78 is 11.3. The van der Waals surface area contributed by atoms with Crippen molar-refractivity contribution in [3.05, 3.63) is 0 Å². The molecule has 0 aromatic heterocycles. The third-order valence-corrected chi connectivity index (χ3v) is 2.71. The molecule has 0 amide bonds. The maximum atomic E-state index is 5.70. The molecule has 0 aliphatic carbocycles. The van der Waals surface area contributed by atoms with Gasteiger partial charge in [0.2, 0.25) is 0 Å². The Bertz CT molecular complexity index is 173. The van der Waals surface area contributed by atoms with Crippen LogP contribution >= 0.6 is 12.4 Å². The van der Waals surface area contributed by atoms with Crippen LogP contribution in [0.3, 0.4) is 0 Å². The molecule has 2 aliphatic rings. The molecule has 3 unspecified atom stereocenters. The Balaban J connectivity index is 0.000000845. The van der Waals surface area contributed by atoms with E-state index in [0.717, 1.165) is 19.6 Å². The zero-order valence-corrected chi connectivity index (χ0v) is 9.02. The lowest BCUT2D eigenvalue weighted by molar-refractivity contribution is -0.0975. The van der Waals surface area contributed by atoms with Crippen molar-refractivity contribution < 1.29 is 9.47 Å². The number of hydrogen-bond donors (Lipinski definition) is 1. The van der Waals surface area contributed by atoms with Gasteiger partial charge in [0.05, 0.1) is 12.7 Å². The highest BCUT2D eigenvalue weighted by Gasteiger charge is 2.42. The molecule has 2 heterocycles. The summed E-state index contributed by atoms with van der Waals surface area (Å²) in [7, 11) is 0. The first-order valence-corrected chi connectivity index (χ1v) is 4.74. The van der Waals surface area contributed by atoms with Crippen LogP contribution in [0.1, 0.15) is 26.7 Å². The van der Waals surface area contributed by atoms with Gasteiger partial charge >= 0.3 is 0 Å². The first-order chi connectivity index (χ1) is 5.71. The second-order valence-corrected chi connectivity index (χ2v) is 3.97. The Hall–Kier alpha value is 0.170. The predicted molar refractivity (Wildman–Crippen MR) is 53.2 cm³/mol. The summed E-state index contributed by atoms with van der Waals surface area (Å²) in [4.78, 5) is 0. The molecule has 0 saturated carbocycles. The fraction of sp³-hybridized carbons (Fsp3) is 1.00. The van der Waals surface area contributed by atoms with E-state index in [9.17, 15) is 0 Å². The first-order valence-electron chi connectivity index (χ1n) is 4.74. The van der Waals surface area contributed by atoms with Gasteiger partial charge in [0.15, 0.2) is 0 Å². The van der Waals surface area contributed by atoms with Gasteiger partial charge in [0.25, 0.3) is 0 Å². The lowest BCUT2D eigenvalue weighted by Gasteiger charge is -2.29. The van der Waals surface area contributed by atoms with Gasteiger partial charge in [0, 0.05) is 12.6 Å². The van der Waals surface area contributed by atoms with E-state index < -0.39 is 0 Å². The monoisotopic (exact) mass is 207 g/mol. The predicted octanol–water partition coefficient (Wildman–Crippen LogP) is 1.31. The van der Waals surface area contributed by atoms with Crippen LogP contribution in [0.2, 0.25) is 0 Å². The van der Waals surface area contributed by atoms with Crippen LogP contribution in [0.15, 0.2) is 0 Å². The summed E-state index contributed by atoms with van der Waals surface area (Å²) in [5, 5.41) is 3.42. The molecular formula is C9H18ClNO2. The SMILES string of the molecule is CC1COC(C)(C2CCCO2)N1.Cl. The van der Waals surface area contributed by atoms with Crippen LogP contribution in [0, 0.1) is 0 Å². The van der Waals surface area contributed by atoms with Crippen molar-refractivity contribution >= 4 is 12.4 Å². The van der Waals surface area contributed by atoms with Gasteiger partial charge in [-0.05, 0) is 26.7 Å². The fourth-order valence-electron chi connectivity index (χ4n) is 2.07. The smallest absolute Gasteiger partial charge is 0.143 e. The lowest BCUT2D eigenvalue weighted by atomic mass is 10.1. The highest BCUT2D eigenvalue weighted by molar-refractivity contribution is 5.85. The summed E-state index contributed by atoms with van der Waals surface area (Å²) in [6, 6.07) is 0.458. The Labute approximate surface area is 85.6 Å². The van der Waals surface area contributed by atoms with Gasteiger partial charge in [-0.25, -0.2) is 0 Å². The quantitative estimate of drug-likeness (QED) is 0.704. The molecule has 2 saturated heterocycles. The minimum atomic E-state index is -0.226. The van der Waals surface area contributed by atoms with Crippen molar-refractivity contribution in [3.63, 3.8) is 0 Å². The van der Waals surface area contributed by atoms with Crippen molar-refractivity contribution in [3.8, 4) is 0 Å². The van der Waals surface area contributed by atoms with Gasteiger partial charge in [-0.15, -0.1) is 12.4 Å². The van der Waals surface area contributed by atoms with E-state index in [1.807, 2.05) is 0 Å². The van der Waals surface area contributed by atoms with Crippen LogP contribution < -0.4 is 5.32 Å².